The van der Waals surface area contributed by atoms with Gasteiger partial charge in [-0.15, -0.1) is 0 Å². The van der Waals surface area contributed by atoms with Gasteiger partial charge in [-0.3, -0.25) is 0 Å². The molecule has 0 saturated heterocycles. The second kappa shape index (κ2) is 4.66. The monoisotopic (exact) mass is 148 g/mol. The van der Waals surface area contributed by atoms with Gasteiger partial charge in [0.05, 0.1) is 6.61 Å². The lowest BCUT2D eigenvalue weighted by Crippen LogP contribution is -2.29. The smallest absolute Gasteiger partial charge is 0.164 e. The molecule has 1 atom stereocenters. The van der Waals surface area contributed by atoms with E-state index in [4.69, 9.17) is 9.47 Å². The molecule has 0 amide bonds. The van der Waals surface area contributed by atoms with Crippen LogP contribution in [0.4, 0.5) is 0 Å². The summed E-state index contributed by atoms with van der Waals surface area (Å²) in [6.07, 6.45) is 0.511. The Hall–Kier alpha value is -0.120. The summed E-state index contributed by atoms with van der Waals surface area (Å²) in [5.74, 6) is -1.02. The molecule has 0 rings (SSSR count). The van der Waals surface area contributed by atoms with Crippen LogP contribution in [0.1, 0.15) is 20.3 Å². The fourth-order valence-electron chi connectivity index (χ4n) is 0.675. The van der Waals surface area contributed by atoms with Gasteiger partial charge in [0, 0.05) is 20.1 Å². The van der Waals surface area contributed by atoms with Gasteiger partial charge in [0.25, 0.3) is 0 Å². The largest absolute Gasteiger partial charge is 0.384 e. The number of rotatable bonds is 5. The van der Waals surface area contributed by atoms with Crippen LogP contribution in [-0.2, 0) is 9.47 Å². The minimum Gasteiger partial charge on any atom is -0.384 e. The first-order chi connectivity index (χ1) is 4.62. The molecular formula is C7H16O3. The SMILES string of the molecule is CCOC(C)(O)CCOC. The van der Waals surface area contributed by atoms with Gasteiger partial charge in [0.2, 0.25) is 0 Å². The molecule has 0 aromatic carbocycles. The number of hydrogen-bond donors (Lipinski definition) is 1. The Balaban J connectivity index is 3.42. The van der Waals surface area contributed by atoms with Gasteiger partial charge in [0.15, 0.2) is 5.79 Å². The van der Waals surface area contributed by atoms with Crippen LogP contribution >= 0.6 is 0 Å². The third kappa shape index (κ3) is 4.73. The van der Waals surface area contributed by atoms with Crippen LogP contribution in [0.25, 0.3) is 0 Å². The lowest BCUT2D eigenvalue weighted by molar-refractivity contribution is -0.196. The van der Waals surface area contributed by atoms with Gasteiger partial charge >= 0.3 is 0 Å². The fraction of sp³-hybridized carbons (Fsp3) is 1.00. The maximum absolute atomic E-state index is 9.34. The molecule has 10 heavy (non-hydrogen) atoms. The highest BCUT2D eigenvalue weighted by molar-refractivity contribution is 4.57. The first kappa shape index (κ1) is 9.88. The molecule has 0 saturated carbocycles. The van der Waals surface area contributed by atoms with E-state index in [9.17, 15) is 5.11 Å². The first-order valence-corrected chi connectivity index (χ1v) is 3.47. The highest BCUT2D eigenvalue weighted by Gasteiger charge is 2.18. The van der Waals surface area contributed by atoms with E-state index in [1.54, 1.807) is 14.0 Å². The second-order valence-corrected chi connectivity index (χ2v) is 2.35. The summed E-state index contributed by atoms with van der Waals surface area (Å²) in [6.45, 7) is 4.53. The normalized spacial score (nSPS) is 16.8. The molecule has 0 fully saturated rings. The predicted octanol–water partition coefficient (Wildman–Crippen LogP) is 0.768. The summed E-state index contributed by atoms with van der Waals surface area (Å²) in [5.41, 5.74) is 0. The van der Waals surface area contributed by atoms with Gasteiger partial charge in [-0.2, -0.15) is 0 Å². The van der Waals surface area contributed by atoms with Crippen molar-refractivity contribution in [2.24, 2.45) is 0 Å². The topological polar surface area (TPSA) is 38.7 Å². The van der Waals surface area contributed by atoms with Crippen LogP contribution in [0.2, 0.25) is 0 Å². The summed E-state index contributed by atoms with van der Waals surface area (Å²) >= 11 is 0. The molecule has 0 aromatic heterocycles. The average Bonchev–Trinajstić information content (AvgIpc) is 1.84. The maximum Gasteiger partial charge on any atom is 0.164 e. The molecule has 1 unspecified atom stereocenters. The van der Waals surface area contributed by atoms with Crippen LogP contribution in [0.15, 0.2) is 0 Å². The Morgan fingerprint density at radius 2 is 2.10 bits per heavy atom. The van der Waals surface area contributed by atoms with Crippen LogP contribution in [0.5, 0.6) is 0 Å². The van der Waals surface area contributed by atoms with Gasteiger partial charge in [0.1, 0.15) is 0 Å². The van der Waals surface area contributed by atoms with E-state index in [2.05, 4.69) is 0 Å². The lowest BCUT2D eigenvalue weighted by atomic mass is 10.2. The molecule has 0 aromatic rings. The minimum absolute atomic E-state index is 0.511. The van der Waals surface area contributed by atoms with E-state index in [0.29, 0.717) is 19.6 Å². The minimum atomic E-state index is -1.02. The molecule has 0 heterocycles. The van der Waals surface area contributed by atoms with Crippen molar-refractivity contribution in [1.29, 1.82) is 0 Å². The Bertz CT molecular complexity index is 80.9. The lowest BCUT2D eigenvalue weighted by Gasteiger charge is -2.22. The van der Waals surface area contributed by atoms with Crippen molar-refractivity contribution in [3.63, 3.8) is 0 Å². The fourth-order valence-corrected chi connectivity index (χ4v) is 0.675. The van der Waals surface area contributed by atoms with Gasteiger partial charge in [-0.1, -0.05) is 0 Å². The van der Waals surface area contributed by atoms with Crippen molar-refractivity contribution in [2.45, 2.75) is 26.1 Å². The van der Waals surface area contributed by atoms with E-state index in [1.165, 1.54) is 0 Å². The Morgan fingerprint density at radius 1 is 1.50 bits per heavy atom. The number of aliphatic hydroxyl groups is 1. The molecule has 0 spiro atoms. The van der Waals surface area contributed by atoms with Crippen molar-refractivity contribution < 1.29 is 14.6 Å². The van der Waals surface area contributed by atoms with Crippen molar-refractivity contribution in [1.82, 2.24) is 0 Å². The molecule has 0 radical (unpaired) electrons. The molecule has 0 aliphatic heterocycles. The molecule has 62 valence electrons. The summed E-state index contributed by atoms with van der Waals surface area (Å²) in [5, 5.41) is 9.34. The number of ether oxygens (including phenoxy) is 2. The van der Waals surface area contributed by atoms with E-state index >= 15 is 0 Å². The van der Waals surface area contributed by atoms with E-state index in [0.717, 1.165) is 0 Å². The average molecular weight is 148 g/mol. The second-order valence-electron chi connectivity index (χ2n) is 2.35. The maximum atomic E-state index is 9.34. The number of methoxy groups -OCH3 is 1. The van der Waals surface area contributed by atoms with E-state index < -0.39 is 5.79 Å². The Labute approximate surface area is 62.0 Å². The predicted molar refractivity (Wildman–Crippen MR) is 38.7 cm³/mol. The highest BCUT2D eigenvalue weighted by Crippen LogP contribution is 2.09. The Kier molecular flexibility index (Phi) is 4.60. The zero-order valence-corrected chi connectivity index (χ0v) is 6.89. The van der Waals surface area contributed by atoms with Gasteiger partial charge in [-0.05, 0) is 13.8 Å². The van der Waals surface area contributed by atoms with Crippen molar-refractivity contribution in [3.8, 4) is 0 Å². The third-order valence-electron chi connectivity index (χ3n) is 1.23. The van der Waals surface area contributed by atoms with E-state index in [-0.39, 0.29) is 0 Å². The molecule has 3 heteroatoms. The Morgan fingerprint density at radius 3 is 2.50 bits per heavy atom. The molecule has 0 aliphatic rings. The van der Waals surface area contributed by atoms with E-state index in [1.807, 2.05) is 6.92 Å². The molecule has 1 N–H and O–H groups in total. The van der Waals surface area contributed by atoms with Gasteiger partial charge in [-0.25, -0.2) is 0 Å². The summed E-state index contributed by atoms with van der Waals surface area (Å²) in [6, 6.07) is 0. The van der Waals surface area contributed by atoms with Crippen molar-refractivity contribution in [3.05, 3.63) is 0 Å². The molecular weight excluding hydrogens is 132 g/mol. The number of hydrogen-bond acceptors (Lipinski definition) is 3. The third-order valence-corrected chi connectivity index (χ3v) is 1.23. The zero-order valence-electron chi connectivity index (χ0n) is 6.89. The van der Waals surface area contributed by atoms with Crippen molar-refractivity contribution in [2.75, 3.05) is 20.3 Å². The highest BCUT2D eigenvalue weighted by atomic mass is 16.6. The quantitative estimate of drug-likeness (QED) is 0.585. The van der Waals surface area contributed by atoms with Crippen molar-refractivity contribution >= 4 is 0 Å². The standard InChI is InChI=1S/C7H16O3/c1-4-10-7(2,8)5-6-9-3/h8H,4-6H2,1-3H3. The van der Waals surface area contributed by atoms with Crippen LogP contribution in [0, 0.1) is 0 Å². The molecule has 0 bridgehead atoms. The summed E-state index contributed by atoms with van der Waals surface area (Å²) in [4.78, 5) is 0. The summed E-state index contributed by atoms with van der Waals surface area (Å²) < 4.78 is 9.79. The summed E-state index contributed by atoms with van der Waals surface area (Å²) in [7, 11) is 1.60. The van der Waals surface area contributed by atoms with Gasteiger partial charge < -0.3 is 14.6 Å². The first-order valence-electron chi connectivity index (χ1n) is 3.47. The molecule has 3 nitrogen and oxygen atoms in total. The molecule has 0 aliphatic carbocycles. The zero-order chi connectivity index (χ0) is 8.04. The van der Waals surface area contributed by atoms with Crippen LogP contribution in [-0.4, -0.2) is 31.2 Å². The van der Waals surface area contributed by atoms with Crippen LogP contribution in [0.3, 0.4) is 0 Å². The van der Waals surface area contributed by atoms with Crippen LogP contribution < -0.4 is 0 Å².